The van der Waals surface area contributed by atoms with Crippen LogP contribution in [0.2, 0.25) is 0 Å². The Kier molecular flexibility index (Phi) is 4.54. The van der Waals surface area contributed by atoms with Crippen LogP contribution < -0.4 is 0 Å². The van der Waals surface area contributed by atoms with Gasteiger partial charge in [-0.2, -0.15) is 0 Å². The summed E-state index contributed by atoms with van der Waals surface area (Å²) >= 11 is 1.61. The van der Waals surface area contributed by atoms with Crippen LogP contribution in [0.4, 0.5) is 8.78 Å². The van der Waals surface area contributed by atoms with Gasteiger partial charge < -0.3 is 5.11 Å². The van der Waals surface area contributed by atoms with Gasteiger partial charge in [-0.1, -0.05) is 19.1 Å². The lowest BCUT2D eigenvalue weighted by atomic mass is 10.1. The molecule has 0 fully saturated rings. The SMILES string of the molecule is CCSc1ccc(C(F)(F)CCO)cc1. The van der Waals surface area contributed by atoms with Gasteiger partial charge >= 0.3 is 0 Å². The fraction of sp³-hybridized carbons (Fsp3) is 0.455. The first-order valence-corrected chi connectivity index (χ1v) is 5.80. The molecule has 1 N–H and O–H groups in total. The fourth-order valence-electron chi connectivity index (χ4n) is 1.25. The number of thioether (sulfide) groups is 1. The number of aliphatic hydroxyl groups excluding tert-OH is 1. The van der Waals surface area contributed by atoms with Crippen LogP contribution in [0.1, 0.15) is 18.9 Å². The predicted molar refractivity (Wildman–Crippen MR) is 58.4 cm³/mol. The number of halogens is 2. The maximum atomic E-state index is 13.3. The lowest BCUT2D eigenvalue weighted by molar-refractivity contribution is -0.0270. The molecule has 0 heterocycles. The highest BCUT2D eigenvalue weighted by Crippen LogP contribution is 2.32. The van der Waals surface area contributed by atoms with Crippen molar-refractivity contribution in [2.45, 2.75) is 24.2 Å². The predicted octanol–water partition coefficient (Wildman–Crippen LogP) is 3.27. The molecule has 0 radical (unpaired) electrons. The van der Waals surface area contributed by atoms with Crippen molar-refractivity contribution in [3.63, 3.8) is 0 Å². The van der Waals surface area contributed by atoms with Crippen LogP contribution in [0.25, 0.3) is 0 Å². The maximum Gasteiger partial charge on any atom is 0.275 e. The van der Waals surface area contributed by atoms with E-state index in [2.05, 4.69) is 0 Å². The van der Waals surface area contributed by atoms with Crippen LogP contribution in [-0.4, -0.2) is 17.5 Å². The molecule has 0 aliphatic rings. The average molecular weight is 232 g/mol. The Hall–Kier alpha value is -0.610. The second-order valence-electron chi connectivity index (χ2n) is 3.14. The quantitative estimate of drug-likeness (QED) is 0.786. The summed E-state index contributed by atoms with van der Waals surface area (Å²) in [6.45, 7) is 1.51. The summed E-state index contributed by atoms with van der Waals surface area (Å²) in [5.41, 5.74) is -0.0306. The Labute approximate surface area is 92.5 Å². The molecule has 0 unspecified atom stereocenters. The van der Waals surface area contributed by atoms with Crippen LogP contribution in [0, 0.1) is 0 Å². The molecule has 0 amide bonds. The van der Waals surface area contributed by atoms with Gasteiger partial charge in [0.2, 0.25) is 0 Å². The average Bonchev–Trinajstić information content (AvgIpc) is 2.19. The monoisotopic (exact) mass is 232 g/mol. The number of hydrogen-bond donors (Lipinski definition) is 1. The summed E-state index contributed by atoms with van der Waals surface area (Å²) in [5, 5.41) is 8.52. The van der Waals surface area contributed by atoms with Crippen LogP contribution >= 0.6 is 11.8 Å². The number of benzene rings is 1. The van der Waals surface area contributed by atoms with E-state index in [-0.39, 0.29) is 5.56 Å². The zero-order valence-corrected chi connectivity index (χ0v) is 9.36. The van der Waals surface area contributed by atoms with Crippen LogP contribution in [0.5, 0.6) is 0 Å². The van der Waals surface area contributed by atoms with E-state index in [1.807, 2.05) is 6.92 Å². The van der Waals surface area contributed by atoms with Gasteiger partial charge in [-0.25, -0.2) is 8.78 Å². The van der Waals surface area contributed by atoms with Crippen molar-refractivity contribution in [3.8, 4) is 0 Å². The standard InChI is InChI=1S/C11H14F2OS/c1-2-15-10-5-3-9(4-6-10)11(12,13)7-8-14/h3-6,14H,2,7-8H2,1H3. The molecular formula is C11H14F2OS. The molecule has 1 nitrogen and oxygen atoms in total. The highest BCUT2D eigenvalue weighted by molar-refractivity contribution is 7.99. The lowest BCUT2D eigenvalue weighted by Crippen LogP contribution is -2.14. The smallest absolute Gasteiger partial charge is 0.275 e. The van der Waals surface area contributed by atoms with E-state index in [0.717, 1.165) is 10.6 Å². The first-order valence-electron chi connectivity index (χ1n) is 4.82. The van der Waals surface area contributed by atoms with Crippen molar-refractivity contribution in [1.82, 2.24) is 0 Å². The second-order valence-corrected chi connectivity index (χ2v) is 4.47. The number of aliphatic hydroxyl groups is 1. The number of alkyl halides is 2. The minimum atomic E-state index is -2.93. The van der Waals surface area contributed by atoms with Gasteiger partial charge in [-0.3, -0.25) is 0 Å². The van der Waals surface area contributed by atoms with Crippen molar-refractivity contribution in [2.75, 3.05) is 12.4 Å². The normalized spacial score (nSPS) is 11.7. The molecule has 0 atom stereocenters. The first-order chi connectivity index (χ1) is 7.10. The van der Waals surface area contributed by atoms with Gasteiger partial charge in [0.15, 0.2) is 0 Å². The van der Waals surface area contributed by atoms with Gasteiger partial charge in [0, 0.05) is 23.5 Å². The van der Waals surface area contributed by atoms with Crippen LogP contribution in [0.3, 0.4) is 0 Å². The van der Waals surface area contributed by atoms with E-state index in [4.69, 9.17) is 5.11 Å². The molecular weight excluding hydrogens is 218 g/mol. The first kappa shape index (κ1) is 12.5. The van der Waals surface area contributed by atoms with Crippen molar-refractivity contribution in [3.05, 3.63) is 29.8 Å². The minimum absolute atomic E-state index is 0.0306. The Balaban J connectivity index is 2.78. The molecule has 0 saturated heterocycles. The molecule has 0 spiro atoms. The summed E-state index contributed by atoms with van der Waals surface area (Å²) in [5.74, 6) is -2.00. The molecule has 1 aromatic rings. The molecule has 0 aliphatic heterocycles. The second kappa shape index (κ2) is 5.47. The fourth-order valence-corrected chi connectivity index (χ4v) is 1.91. The Bertz CT molecular complexity index is 298. The molecule has 0 aromatic heterocycles. The van der Waals surface area contributed by atoms with E-state index >= 15 is 0 Å². The van der Waals surface area contributed by atoms with E-state index in [0.29, 0.717) is 0 Å². The van der Waals surface area contributed by atoms with Crippen molar-refractivity contribution >= 4 is 11.8 Å². The zero-order valence-electron chi connectivity index (χ0n) is 8.54. The van der Waals surface area contributed by atoms with E-state index in [1.54, 1.807) is 23.9 Å². The lowest BCUT2D eigenvalue weighted by Gasteiger charge is -2.15. The Morgan fingerprint density at radius 1 is 1.27 bits per heavy atom. The topological polar surface area (TPSA) is 20.2 Å². The van der Waals surface area contributed by atoms with Crippen LogP contribution in [-0.2, 0) is 5.92 Å². The van der Waals surface area contributed by atoms with E-state index in [9.17, 15) is 8.78 Å². The third-order valence-corrected chi connectivity index (χ3v) is 2.91. The van der Waals surface area contributed by atoms with Crippen molar-refractivity contribution < 1.29 is 13.9 Å². The van der Waals surface area contributed by atoms with Gasteiger partial charge in [0.05, 0.1) is 0 Å². The highest BCUT2D eigenvalue weighted by atomic mass is 32.2. The van der Waals surface area contributed by atoms with Crippen molar-refractivity contribution in [1.29, 1.82) is 0 Å². The zero-order chi connectivity index (χ0) is 11.3. The largest absolute Gasteiger partial charge is 0.396 e. The van der Waals surface area contributed by atoms with Gasteiger partial charge in [0.25, 0.3) is 5.92 Å². The number of hydrogen-bond acceptors (Lipinski definition) is 2. The van der Waals surface area contributed by atoms with Crippen LogP contribution in [0.15, 0.2) is 29.2 Å². The van der Waals surface area contributed by atoms with E-state index < -0.39 is 19.0 Å². The Morgan fingerprint density at radius 2 is 1.87 bits per heavy atom. The molecule has 0 saturated carbocycles. The molecule has 4 heteroatoms. The summed E-state index contributed by atoms with van der Waals surface area (Å²) in [6, 6.07) is 6.23. The van der Waals surface area contributed by atoms with Gasteiger partial charge in [-0.05, 0) is 17.9 Å². The Morgan fingerprint density at radius 3 is 2.33 bits per heavy atom. The highest BCUT2D eigenvalue weighted by Gasteiger charge is 2.30. The third kappa shape index (κ3) is 3.47. The van der Waals surface area contributed by atoms with Gasteiger partial charge in [-0.15, -0.1) is 11.8 Å². The molecule has 84 valence electrons. The van der Waals surface area contributed by atoms with Crippen molar-refractivity contribution in [2.24, 2.45) is 0 Å². The molecule has 1 rings (SSSR count). The molecule has 15 heavy (non-hydrogen) atoms. The van der Waals surface area contributed by atoms with E-state index in [1.165, 1.54) is 12.1 Å². The minimum Gasteiger partial charge on any atom is -0.396 e. The molecule has 1 aromatic carbocycles. The maximum absolute atomic E-state index is 13.3. The summed E-state index contributed by atoms with van der Waals surface area (Å²) in [7, 11) is 0. The third-order valence-electron chi connectivity index (χ3n) is 2.01. The molecule has 0 bridgehead atoms. The summed E-state index contributed by atoms with van der Waals surface area (Å²) in [6.07, 6.45) is -0.521. The summed E-state index contributed by atoms with van der Waals surface area (Å²) in [4.78, 5) is 0.987. The summed E-state index contributed by atoms with van der Waals surface area (Å²) < 4.78 is 26.6. The molecule has 0 aliphatic carbocycles. The number of rotatable bonds is 5. The van der Waals surface area contributed by atoms with Gasteiger partial charge in [0.1, 0.15) is 0 Å².